The van der Waals surface area contributed by atoms with Gasteiger partial charge in [-0.25, -0.2) is 9.18 Å². The molecule has 0 bridgehead atoms. The monoisotopic (exact) mass is 466 g/mol. The normalized spacial score (nSPS) is 11.4. The van der Waals surface area contributed by atoms with E-state index in [1.807, 2.05) is 0 Å². The van der Waals surface area contributed by atoms with Crippen LogP contribution in [0, 0.1) is 5.82 Å². The van der Waals surface area contributed by atoms with E-state index in [2.05, 4.69) is 10.4 Å². The van der Waals surface area contributed by atoms with Crippen LogP contribution >= 0.6 is 0 Å². The number of halogens is 4. The number of benzene rings is 2. The van der Waals surface area contributed by atoms with E-state index in [0.29, 0.717) is 9.25 Å². The second kappa shape index (κ2) is 9.77. The number of methoxy groups -OCH3 is 1. The lowest BCUT2D eigenvalue weighted by Crippen LogP contribution is -2.46. The van der Waals surface area contributed by atoms with Gasteiger partial charge in [0.05, 0.1) is 18.7 Å². The number of hydrogen-bond acceptors (Lipinski definition) is 5. The predicted molar refractivity (Wildman–Crippen MR) is 109 cm³/mol. The number of amides is 1. The third-order valence-electron chi connectivity index (χ3n) is 4.57. The summed E-state index contributed by atoms with van der Waals surface area (Å²) < 4.78 is 58.8. The maximum atomic E-state index is 14.3. The number of aromatic nitrogens is 3. The first kappa shape index (κ1) is 23.9. The van der Waals surface area contributed by atoms with Gasteiger partial charge in [-0.3, -0.25) is 14.2 Å². The summed E-state index contributed by atoms with van der Waals surface area (Å²) in [7, 11) is 1.40. The van der Waals surface area contributed by atoms with Gasteiger partial charge in [-0.15, -0.1) is 0 Å². The number of para-hydroxylation sites is 1. The number of carbonyl (C=O) groups is 1. The highest BCUT2D eigenvalue weighted by Gasteiger charge is 2.30. The number of hydrogen-bond donors (Lipinski definition) is 1. The second-order valence-electron chi connectivity index (χ2n) is 6.83. The van der Waals surface area contributed by atoms with Crippen LogP contribution in [0.1, 0.15) is 21.6 Å². The predicted octanol–water partition coefficient (Wildman–Crippen LogP) is 1.98. The zero-order valence-corrected chi connectivity index (χ0v) is 17.2. The fourth-order valence-corrected chi connectivity index (χ4v) is 2.91. The zero-order valence-electron chi connectivity index (χ0n) is 17.2. The van der Waals surface area contributed by atoms with E-state index >= 15 is 0 Å². The molecule has 3 rings (SSSR count). The Kier molecular flexibility index (Phi) is 7.07. The van der Waals surface area contributed by atoms with Crippen molar-refractivity contribution in [2.24, 2.45) is 0 Å². The maximum Gasteiger partial charge on any atom is 0.416 e. The van der Waals surface area contributed by atoms with E-state index in [1.165, 1.54) is 25.3 Å². The van der Waals surface area contributed by atoms with Crippen LogP contribution in [0.3, 0.4) is 0 Å². The molecule has 1 aromatic heterocycles. The summed E-state index contributed by atoms with van der Waals surface area (Å²) in [5.74, 6) is -1.76. The van der Waals surface area contributed by atoms with Gasteiger partial charge in [-0.1, -0.05) is 24.3 Å². The summed E-state index contributed by atoms with van der Waals surface area (Å²) in [6.07, 6.45) is -4.56. The van der Waals surface area contributed by atoms with Crippen LogP contribution in [0.25, 0.3) is 5.69 Å². The Morgan fingerprint density at radius 3 is 2.36 bits per heavy atom. The zero-order chi connectivity index (χ0) is 24.2. The fraction of sp³-hybridized carbons (Fsp3) is 0.238. The van der Waals surface area contributed by atoms with Crippen molar-refractivity contribution in [3.63, 3.8) is 0 Å². The van der Waals surface area contributed by atoms with E-state index in [-0.39, 0.29) is 24.4 Å². The minimum atomic E-state index is -4.56. The SMILES string of the molecule is COCCNC(=O)c1nn(-c2ccccc2F)c(=O)n(Cc2ccc(C(F)(F)F)cc2)c1=O. The van der Waals surface area contributed by atoms with Gasteiger partial charge in [0.25, 0.3) is 11.5 Å². The van der Waals surface area contributed by atoms with Crippen LogP contribution in [-0.2, 0) is 17.5 Å². The number of ether oxygens (including phenoxy) is 1. The first-order valence-electron chi connectivity index (χ1n) is 9.56. The molecule has 0 spiro atoms. The Balaban J connectivity index is 2.12. The number of carbonyl (C=O) groups excluding carboxylic acids is 1. The molecule has 3 aromatic rings. The van der Waals surface area contributed by atoms with Crippen LogP contribution in [0.4, 0.5) is 17.6 Å². The third-order valence-corrected chi connectivity index (χ3v) is 4.57. The average molecular weight is 466 g/mol. The Morgan fingerprint density at radius 2 is 1.76 bits per heavy atom. The fourth-order valence-electron chi connectivity index (χ4n) is 2.91. The molecule has 0 aliphatic heterocycles. The molecular formula is C21H18F4N4O4. The van der Waals surface area contributed by atoms with Crippen molar-refractivity contribution in [3.8, 4) is 5.69 Å². The van der Waals surface area contributed by atoms with Gasteiger partial charge in [-0.05, 0) is 29.8 Å². The number of alkyl halides is 3. The summed E-state index contributed by atoms with van der Waals surface area (Å²) in [6.45, 7) is -0.294. The molecule has 0 fully saturated rings. The van der Waals surface area contributed by atoms with Crippen molar-refractivity contribution < 1.29 is 27.1 Å². The molecule has 12 heteroatoms. The molecule has 2 aromatic carbocycles. The Morgan fingerprint density at radius 1 is 1.09 bits per heavy atom. The molecule has 0 aliphatic carbocycles. The summed E-state index contributed by atoms with van der Waals surface area (Å²) >= 11 is 0. The van der Waals surface area contributed by atoms with Gasteiger partial charge in [0, 0.05) is 13.7 Å². The molecule has 1 N–H and O–H groups in total. The van der Waals surface area contributed by atoms with Gasteiger partial charge in [0.1, 0.15) is 11.5 Å². The summed E-state index contributed by atoms with van der Waals surface area (Å²) in [5, 5.41) is 6.15. The standard InChI is InChI=1S/C21H18F4N4O4/c1-33-11-10-26-18(30)17-19(31)28(12-13-6-8-14(9-7-13)21(23,24)25)20(32)29(27-17)16-5-3-2-4-15(16)22/h2-9H,10-12H2,1H3,(H,26,30). The van der Waals surface area contributed by atoms with Crippen LogP contribution in [-0.4, -0.2) is 40.5 Å². The minimum Gasteiger partial charge on any atom is -0.383 e. The van der Waals surface area contributed by atoms with Gasteiger partial charge in [0.15, 0.2) is 0 Å². The molecule has 0 aliphatic rings. The van der Waals surface area contributed by atoms with Gasteiger partial charge in [-0.2, -0.15) is 23.0 Å². The highest BCUT2D eigenvalue weighted by atomic mass is 19.4. The number of nitrogens with zero attached hydrogens (tertiary/aromatic N) is 3. The van der Waals surface area contributed by atoms with Crippen LogP contribution in [0.15, 0.2) is 58.1 Å². The van der Waals surface area contributed by atoms with Gasteiger partial charge in [0.2, 0.25) is 5.69 Å². The Bertz CT molecular complexity index is 1270. The topological polar surface area (TPSA) is 95.2 Å². The van der Waals surface area contributed by atoms with Gasteiger partial charge < -0.3 is 10.1 Å². The van der Waals surface area contributed by atoms with E-state index in [4.69, 9.17) is 4.74 Å². The molecule has 0 saturated heterocycles. The molecule has 0 radical (unpaired) electrons. The Labute approximate surface area is 184 Å². The van der Waals surface area contributed by atoms with Crippen LogP contribution < -0.4 is 16.6 Å². The third kappa shape index (κ3) is 5.34. The summed E-state index contributed by atoms with van der Waals surface area (Å²) in [5.41, 5.74) is -3.88. The van der Waals surface area contributed by atoms with Crippen LogP contribution in [0.5, 0.6) is 0 Å². The highest BCUT2D eigenvalue weighted by Crippen LogP contribution is 2.29. The van der Waals surface area contributed by atoms with E-state index in [1.54, 1.807) is 0 Å². The summed E-state index contributed by atoms with van der Waals surface area (Å²) in [6, 6.07) is 8.89. The highest BCUT2D eigenvalue weighted by molar-refractivity contribution is 5.91. The lowest BCUT2D eigenvalue weighted by Gasteiger charge is -2.13. The van der Waals surface area contributed by atoms with E-state index < -0.39 is 47.0 Å². The van der Waals surface area contributed by atoms with Crippen molar-refractivity contribution in [1.82, 2.24) is 19.7 Å². The van der Waals surface area contributed by atoms with Crippen molar-refractivity contribution in [2.45, 2.75) is 12.7 Å². The smallest absolute Gasteiger partial charge is 0.383 e. The van der Waals surface area contributed by atoms with Crippen molar-refractivity contribution in [3.05, 3.63) is 92.0 Å². The lowest BCUT2D eigenvalue weighted by molar-refractivity contribution is -0.137. The molecule has 1 amide bonds. The molecule has 33 heavy (non-hydrogen) atoms. The minimum absolute atomic E-state index is 0.0359. The molecule has 8 nitrogen and oxygen atoms in total. The number of nitrogens with one attached hydrogen (secondary N) is 1. The Hall–Kier alpha value is -3.80. The van der Waals surface area contributed by atoms with Gasteiger partial charge >= 0.3 is 11.9 Å². The molecule has 0 saturated carbocycles. The van der Waals surface area contributed by atoms with Crippen LogP contribution in [0.2, 0.25) is 0 Å². The molecule has 1 heterocycles. The first-order valence-corrected chi connectivity index (χ1v) is 9.56. The quantitative estimate of drug-likeness (QED) is 0.425. The van der Waals surface area contributed by atoms with E-state index in [9.17, 15) is 31.9 Å². The molecule has 0 unspecified atom stereocenters. The van der Waals surface area contributed by atoms with E-state index in [0.717, 1.165) is 30.3 Å². The summed E-state index contributed by atoms with van der Waals surface area (Å²) in [4.78, 5) is 38.4. The van der Waals surface area contributed by atoms with Crippen molar-refractivity contribution in [1.29, 1.82) is 0 Å². The lowest BCUT2D eigenvalue weighted by atomic mass is 10.1. The second-order valence-corrected chi connectivity index (χ2v) is 6.83. The van der Waals surface area contributed by atoms with Crippen molar-refractivity contribution in [2.75, 3.05) is 20.3 Å². The first-order chi connectivity index (χ1) is 15.6. The largest absolute Gasteiger partial charge is 0.416 e. The molecule has 0 atom stereocenters. The molecule has 174 valence electrons. The average Bonchev–Trinajstić information content (AvgIpc) is 2.77. The number of rotatable bonds is 7. The van der Waals surface area contributed by atoms with Crippen molar-refractivity contribution >= 4 is 5.91 Å². The maximum absolute atomic E-state index is 14.3. The molecular weight excluding hydrogens is 448 g/mol.